The average Bonchev–Trinajstić information content (AvgIpc) is 3.63. The molecule has 0 aliphatic carbocycles. The number of fused-ring (bicyclic) bond motifs is 5. The monoisotopic (exact) mass is 584 g/mol. The average molecular weight is 585 g/mol. The Morgan fingerprint density at radius 1 is 1.10 bits per heavy atom. The SMILES string of the molecule is COc1ccc2cc1OCCCN(C(=O)c1cc3ccccc3s1)CC(=O)N[C@H]1CN(C(=O)Cc3cccnc3)C[C@H]21. The first-order valence-corrected chi connectivity index (χ1v) is 14.8. The molecular weight excluding hydrogens is 552 g/mol. The standard InChI is InChI=1S/C32H32N4O5S/c1-40-26-10-9-22-15-27(26)41-13-5-12-35(32(39)29-16-23-7-2-3-8-28(23)42-29)20-30(37)34-25-19-36(18-24(22)25)31(38)14-21-6-4-11-33-17-21/h2-4,6-11,15-17,24-25H,5,12-14,18-20H2,1H3,(H,34,37)/t24-,25+/m1/s1. The molecule has 2 aromatic heterocycles. The molecule has 216 valence electrons. The fraction of sp³-hybridized carbons (Fsp3) is 0.312. The number of ether oxygens (including phenoxy) is 2. The van der Waals surface area contributed by atoms with E-state index in [0.717, 1.165) is 21.2 Å². The van der Waals surface area contributed by atoms with Crippen LogP contribution in [0.1, 0.15) is 33.1 Å². The summed E-state index contributed by atoms with van der Waals surface area (Å²) in [7, 11) is 1.60. The van der Waals surface area contributed by atoms with Crippen molar-refractivity contribution in [2.45, 2.75) is 24.8 Å². The summed E-state index contributed by atoms with van der Waals surface area (Å²) in [6, 6.07) is 18.9. The third kappa shape index (κ3) is 5.94. The van der Waals surface area contributed by atoms with E-state index in [2.05, 4.69) is 10.3 Å². The number of carbonyl (C=O) groups excluding carboxylic acids is 3. The Hall–Kier alpha value is -4.44. The lowest BCUT2D eigenvalue weighted by atomic mass is 9.94. The Morgan fingerprint density at radius 2 is 1.98 bits per heavy atom. The van der Waals surface area contributed by atoms with Gasteiger partial charge in [-0.15, -0.1) is 11.3 Å². The summed E-state index contributed by atoms with van der Waals surface area (Å²) >= 11 is 1.42. The third-order valence-corrected chi connectivity index (χ3v) is 8.90. The number of rotatable bonds is 4. The fourth-order valence-electron chi connectivity index (χ4n) is 5.68. The van der Waals surface area contributed by atoms with E-state index >= 15 is 0 Å². The highest BCUT2D eigenvalue weighted by atomic mass is 32.1. The van der Waals surface area contributed by atoms with E-state index < -0.39 is 0 Å². The van der Waals surface area contributed by atoms with E-state index in [4.69, 9.17) is 9.47 Å². The first-order chi connectivity index (χ1) is 20.5. The van der Waals surface area contributed by atoms with Gasteiger partial charge in [-0.3, -0.25) is 19.4 Å². The molecule has 0 spiro atoms. The van der Waals surface area contributed by atoms with Crippen molar-refractivity contribution in [1.82, 2.24) is 20.1 Å². The second-order valence-electron chi connectivity index (χ2n) is 10.6. The number of aromatic nitrogens is 1. The summed E-state index contributed by atoms with van der Waals surface area (Å²) in [5.41, 5.74) is 1.79. The molecule has 0 radical (unpaired) electrons. The second-order valence-corrected chi connectivity index (χ2v) is 11.7. The number of nitrogens with zero attached hydrogens (tertiary/aromatic N) is 3. The Kier molecular flexibility index (Phi) is 8.05. The lowest BCUT2D eigenvalue weighted by molar-refractivity contribution is -0.130. The van der Waals surface area contributed by atoms with Gasteiger partial charge in [0.25, 0.3) is 5.91 Å². The molecule has 10 heteroatoms. The summed E-state index contributed by atoms with van der Waals surface area (Å²) in [6.07, 6.45) is 4.15. The van der Waals surface area contributed by atoms with Gasteiger partial charge in [0.05, 0.1) is 37.6 Å². The van der Waals surface area contributed by atoms with E-state index in [1.807, 2.05) is 60.7 Å². The molecule has 2 aromatic carbocycles. The lowest BCUT2D eigenvalue weighted by Gasteiger charge is -2.24. The zero-order chi connectivity index (χ0) is 29.1. The summed E-state index contributed by atoms with van der Waals surface area (Å²) in [5, 5.41) is 4.16. The van der Waals surface area contributed by atoms with Crippen molar-refractivity contribution in [2.24, 2.45) is 0 Å². The Labute approximate surface area is 248 Å². The van der Waals surface area contributed by atoms with Gasteiger partial charge >= 0.3 is 0 Å². The Bertz CT molecular complexity index is 1570. The molecular formula is C32H32N4O5S. The van der Waals surface area contributed by atoms with Crippen LogP contribution in [0.3, 0.4) is 0 Å². The van der Waals surface area contributed by atoms with Gasteiger partial charge in [-0.25, -0.2) is 0 Å². The van der Waals surface area contributed by atoms with E-state index in [-0.39, 0.29) is 42.6 Å². The van der Waals surface area contributed by atoms with E-state index in [1.165, 1.54) is 11.3 Å². The molecule has 42 heavy (non-hydrogen) atoms. The van der Waals surface area contributed by atoms with E-state index in [1.54, 1.807) is 29.3 Å². The minimum Gasteiger partial charge on any atom is -0.493 e. The Morgan fingerprint density at radius 3 is 2.79 bits per heavy atom. The van der Waals surface area contributed by atoms with Crippen LogP contribution in [-0.2, 0) is 16.0 Å². The zero-order valence-electron chi connectivity index (χ0n) is 23.3. The largest absolute Gasteiger partial charge is 0.493 e. The lowest BCUT2D eigenvalue weighted by Crippen LogP contribution is -2.47. The topological polar surface area (TPSA) is 101 Å². The molecule has 2 aliphatic heterocycles. The molecule has 1 fully saturated rings. The van der Waals surface area contributed by atoms with Crippen molar-refractivity contribution in [3.63, 3.8) is 0 Å². The van der Waals surface area contributed by atoms with Crippen molar-refractivity contribution in [2.75, 3.05) is 39.9 Å². The first-order valence-electron chi connectivity index (χ1n) is 14.0. The van der Waals surface area contributed by atoms with Crippen LogP contribution in [0.15, 0.2) is 73.1 Å². The molecule has 4 heterocycles. The van der Waals surface area contributed by atoms with E-state index in [9.17, 15) is 14.4 Å². The van der Waals surface area contributed by atoms with Gasteiger partial charge in [0.15, 0.2) is 11.5 Å². The maximum absolute atomic E-state index is 13.6. The molecule has 0 saturated carbocycles. The van der Waals surface area contributed by atoms with Crippen LogP contribution >= 0.6 is 11.3 Å². The predicted octanol–water partition coefficient (Wildman–Crippen LogP) is 3.88. The predicted molar refractivity (Wildman–Crippen MR) is 160 cm³/mol. The van der Waals surface area contributed by atoms with E-state index in [0.29, 0.717) is 49.0 Å². The van der Waals surface area contributed by atoms with Crippen molar-refractivity contribution in [1.29, 1.82) is 0 Å². The molecule has 2 atom stereocenters. The highest BCUT2D eigenvalue weighted by Crippen LogP contribution is 2.35. The fourth-order valence-corrected chi connectivity index (χ4v) is 6.71. The number of benzene rings is 2. The van der Waals surface area contributed by atoms with Gasteiger partial charge in [-0.1, -0.05) is 30.3 Å². The second kappa shape index (κ2) is 12.2. The van der Waals surface area contributed by atoms with Crippen LogP contribution in [0.25, 0.3) is 10.1 Å². The van der Waals surface area contributed by atoms with Gasteiger partial charge < -0.3 is 24.6 Å². The number of amides is 3. The van der Waals surface area contributed by atoms with Gasteiger partial charge in [0.1, 0.15) is 0 Å². The van der Waals surface area contributed by atoms with Crippen LogP contribution in [0.5, 0.6) is 11.5 Å². The minimum absolute atomic E-state index is 0.0302. The summed E-state index contributed by atoms with van der Waals surface area (Å²) in [6.45, 7) is 1.43. The maximum Gasteiger partial charge on any atom is 0.264 e. The normalized spacial score (nSPS) is 19.1. The maximum atomic E-state index is 13.6. The quantitative estimate of drug-likeness (QED) is 0.391. The van der Waals surface area contributed by atoms with Crippen molar-refractivity contribution in [3.05, 3.63) is 89.1 Å². The number of nitrogens with one attached hydrogen (secondary N) is 1. The minimum atomic E-state index is -0.335. The number of pyridine rings is 1. The zero-order valence-corrected chi connectivity index (χ0v) is 24.1. The van der Waals surface area contributed by atoms with Crippen LogP contribution < -0.4 is 14.8 Å². The number of hydrogen-bond acceptors (Lipinski definition) is 7. The molecule has 1 N–H and O–H groups in total. The molecule has 1 saturated heterocycles. The summed E-state index contributed by atoms with van der Waals surface area (Å²) in [5.74, 6) is 0.576. The number of thiophene rings is 1. The summed E-state index contributed by atoms with van der Waals surface area (Å²) in [4.78, 5) is 48.5. The Balaban J connectivity index is 1.26. The summed E-state index contributed by atoms with van der Waals surface area (Å²) < 4.78 is 12.7. The molecule has 3 amide bonds. The number of likely N-dealkylation sites (tertiary alicyclic amines) is 1. The van der Waals surface area contributed by atoms with Crippen molar-refractivity contribution < 1.29 is 23.9 Å². The number of methoxy groups -OCH3 is 1. The van der Waals surface area contributed by atoms with Gasteiger partial charge in [-0.2, -0.15) is 0 Å². The van der Waals surface area contributed by atoms with Crippen LogP contribution in [0, 0.1) is 0 Å². The van der Waals surface area contributed by atoms with Crippen molar-refractivity contribution in [3.8, 4) is 11.5 Å². The highest BCUT2D eigenvalue weighted by Gasteiger charge is 2.38. The first kappa shape index (κ1) is 27.7. The molecule has 0 unspecified atom stereocenters. The molecule has 2 aliphatic rings. The van der Waals surface area contributed by atoms with Gasteiger partial charge in [0.2, 0.25) is 11.8 Å². The molecule has 4 aromatic rings. The number of hydrogen-bond donors (Lipinski definition) is 1. The number of carbonyl (C=O) groups is 3. The van der Waals surface area contributed by atoms with Crippen LogP contribution in [0.4, 0.5) is 0 Å². The molecule has 2 bridgehead atoms. The van der Waals surface area contributed by atoms with Crippen LogP contribution in [-0.4, -0.2) is 78.4 Å². The van der Waals surface area contributed by atoms with Gasteiger partial charge in [0, 0.05) is 42.6 Å². The highest BCUT2D eigenvalue weighted by molar-refractivity contribution is 7.20. The molecule has 6 rings (SSSR count). The van der Waals surface area contributed by atoms with Crippen LogP contribution in [0.2, 0.25) is 0 Å². The van der Waals surface area contributed by atoms with Gasteiger partial charge in [-0.05, 0) is 53.3 Å². The van der Waals surface area contributed by atoms with Crippen molar-refractivity contribution >= 4 is 39.1 Å². The smallest absolute Gasteiger partial charge is 0.264 e. The molecule has 9 nitrogen and oxygen atoms in total. The third-order valence-electron chi connectivity index (χ3n) is 7.80.